The van der Waals surface area contributed by atoms with Crippen molar-refractivity contribution in [1.82, 2.24) is 0 Å². The molecule has 0 atom stereocenters. The average molecular weight is 545 g/mol. The van der Waals surface area contributed by atoms with Crippen molar-refractivity contribution >= 4 is 69.4 Å². The highest BCUT2D eigenvalue weighted by atomic mass is 79.9. The van der Waals surface area contributed by atoms with Crippen molar-refractivity contribution in [2.45, 2.75) is 6.61 Å². The van der Waals surface area contributed by atoms with Crippen LogP contribution in [-0.2, 0) is 6.61 Å². The molecule has 110 valence electrons. The Bertz CT molecular complexity index is 683. The molecule has 0 saturated carbocycles. The van der Waals surface area contributed by atoms with E-state index in [1.807, 2.05) is 12.1 Å². The van der Waals surface area contributed by atoms with Crippen LogP contribution < -0.4 is 4.74 Å². The summed E-state index contributed by atoms with van der Waals surface area (Å²) < 4.78 is 8.66. The van der Waals surface area contributed by atoms with Crippen LogP contribution in [-0.4, -0.2) is 4.92 Å². The van der Waals surface area contributed by atoms with Gasteiger partial charge in [-0.3, -0.25) is 10.1 Å². The molecule has 0 unspecified atom stereocenters. The third-order valence-electron chi connectivity index (χ3n) is 2.59. The van der Waals surface area contributed by atoms with Gasteiger partial charge in [-0.05, 0) is 59.9 Å². The number of nitro benzene ring substituents is 1. The zero-order valence-electron chi connectivity index (χ0n) is 10.3. The molecular weight excluding hydrogens is 538 g/mol. The van der Waals surface area contributed by atoms with Gasteiger partial charge in [0, 0.05) is 16.1 Å². The molecular formula is C13H7Br4NO3. The van der Waals surface area contributed by atoms with Crippen LogP contribution in [0.1, 0.15) is 5.56 Å². The molecule has 8 heteroatoms. The molecule has 0 aliphatic rings. The Kier molecular flexibility index (Phi) is 5.81. The molecule has 0 radical (unpaired) electrons. The topological polar surface area (TPSA) is 52.4 Å². The zero-order chi connectivity index (χ0) is 15.6. The third kappa shape index (κ3) is 4.06. The van der Waals surface area contributed by atoms with Crippen molar-refractivity contribution in [3.05, 3.63) is 63.9 Å². The van der Waals surface area contributed by atoms with Crippen molar-refractivity contribution in [1.29, 1.82) is 0 Å². The second-order valence-electron chi connectivity index (χ2n) is 3.99. The SMILES string of the molecule is O=[N+]([O-])c1cccc(COc2c(Br)cc(Br)cc2Br)c1Br. The fourth-order valence-corrected chi connectivity index (χ4v) is 4.65. The summed E-state index contributed by atoms with van der Waals surface area (Å²) in [6.45, 7) is 0.209. The first kappa shape index (κ1) is 16.9. The molecule has 4 nitrogen and oxygen atoms in total. The highest BCUT2D eigenvalue weighted by molar-refractivity contribution is 9.11. The van der Waals surface area contributed by atoms with E-state index in [-0.39, 0.29) is 12.3 Å². The van der Waals surface area contributed by atoms with E-state index in [4.69, 9.17) is 4.74 Å². The van der Waals surface area contributed by atoms with Gasteiger partial charge in [-0.2, -0.15) is 0 Å². The number of rotatable bonds is 4. The smallest absolute Gasteiger partial charge is 0.283 e. The predicted molar refractivity (Wildman–Crippen MR) is 94.7 cm³/mol. The lowest BCUT2D eigenvalue weighted by atomic mass is 10.2. The van der Waals surface area contributed by atoms with Gasteiger partial charge in [-0.1, -0.05) is 28.1 Å². The van der Waals surface area contributed by atoms with Crippen LogP contribution in [0.5, 0.6) is 5.75 Å². The van der Waals surface area contributed by atoms with Gasteiger partial charge in [0.05, 0.1) is 13.9 Å². The molecule has 0 N–H and O–H groups in total. The van der Waals surface area contributed by atoms with E-state index >= 15 is 0 Å². The van der Waals surface area contributed by atoms with Crippen LogP contribution in [0, 0.1) is 10.1 Å². The summed E-state index contributed by atoms with van der Waals surface area (Å²) in [6.07, 6.45) is 0. The second-order valence-corrected chi connectivity index (χ2v) is 7.41. The van der Waals surface area contributed by atoms with Gasteiger partial charge in [0.15, 0.2) is 0 Å². The molecule has 0 amide bonds. The quantitative estimate of drug-likeness (QED) is 0.339. The maximum absolute atomic E-state index is 10.9. The van der Waals surface area contributed by atoms with E-state index in [9.17, 15) is 10.1 Å². The number of hydrogen-bond donors (Lipinski definition) is 0. The Morgan fingerprint density at radius 3 is 2.29 bits per heavy atom. The molecule has 0 bridgehead atoms. The predicted octanol–water partition coefficient (Wildman–Crippen LogP) is 6.22. The van der Waals surface area contributed by atoms with Crippen molar-refractivity contribution in [3.63, 3.8) is 0 Å². The molecule has 0 aliphatic carbocycles. The van der Waals surface area contributed by atoms with Crippen LogP contribution >= 0.6 is 63.7 Å². The molecule has 0 spiro atoms. The Labute approximate surface area is 154 Å². The Morgan fingerprint density at radius 1 is 1.10 bits per heavy atom. The largest absolute Gasteiger partial charge is 0.486 e. The van der Waals surface area contributed by atoms with Crippen LogP contribution in [0.25, 0.3) is 0 Å². The fourth-order valence-electron chi connectivity index (χ4n) is 1.64. The highest BCUT2D eigenvalue weighted by Gasteiger charge is 2.16. The summed E-state index contributed by atoms with van der Waals surface area (Å²) in [4.78, 5) is 10.5. The Hall–Kier alpha value is -0.440. The number of nitro groups is 1. The van der Waals surface area contributed by atoms with Gasteiger partial charge in [-0.25, -0.2) is 0 Å². The fraction of sp³-hybridized carbons (Fsp3) is 0.0769. The van der Waals surface area contributed by atoms with Crippen molar-refractivity contribution in [2.24, 2.45) is 0 Å². The van der Waals surface area contributed by atoms with Gasteiger partial charge in [0.2, 0.25) is 0 Å². The first-order valence-electron chi connectivity index (χ1n) is 5.59. The van der Waals surface area contributed by atoms with Crippen molar-refractivity contribution in [3.8, 4) is 5.75 Å². The summed E-state index contributed by atoms with van der Waals surface area (Å²) in [5.74, 6) is 0.636. The van der Waals surface area contributed by atoms with E-state index < -0.39 is 4.92 Å². The summed E-state index contributed by atoms with van der Waals surface area (Å²) in [7, 11) is 0. The molecule has 0 heterocycles. The summed E-state index contributed by atoms with van der Waals surface area (Å²) in [5.41, 5.74) is 0.718. The second kappa shape index (κ2) is 7.21. The molecule has 0 aromatic heterocycles. The van der Waals surface area contributed by atoms with Crippen LogP contribution in [0.15, 0.2) is 48.2 Å². The minimum absolute atomic E-state index is 0.0186. The Balaban J connectivity index is 2.25. The maximum Gasteiger partial charge on any atom is 0.283 e. The van der Waals surface area contributed by atoms with Crippen LogP contribution in [0.3, 0.4) is 0 Å². The number of hydrogen-bond acceptors (Lipinski definition) is 3. The van der Waals surface area contributed by atoms with Gasteiger partial charge >= 0.3 is 0 Å². The standard InChI is InChI=1S/C13H7Br4NO3/c14-8-4-9(15)13(10(16)5-8)21-6-7-2-1-3-11(12(7)17)18(19)20/h1-5H,6H2. The minimum atomic E-state index is -0.432. The number of nitrogens with zero attached hydrogens (tertiary/aromatic N) is 1. The highest BCUT2D eigenvalue weighted by Crippen LogP contribution is 2.37. The monoisotopic (exact) mass is 541 g/mol. The van der Waals surface area contributed by atoms with Crippen molar-refractivity contribution < 1.29 is 9.66 Å². The molecule has 2 aromatic rings. The summed E-state index contributed by atoms with van der Waals surface area (Å²) in [5, 5.41) is 10.9. The molecule has 0 fully saturated rings. The lowest BCUT2D eigenvalue weighted by molar-refractivity contribution is -0.385. The Morgan fingerprint density at radius 2 is 1.71 bits per heavy atom. The number of benzene rings is 2. The van der Waals surface area contributed by atoms with Gasteiger partial charge in [0.25, 0.3) is 5.69 Å². The average Bonchev–Trinajstić information content (AvgIpc) is 2.38. The van der Waals surface area contributed by atoms with Gasteiger partial charge in [0.1, 0.15) is 16.8 Å². The molecule has 0 saturated heterocycles. The molecule has 2 rings (SSSR count). The van der Waals surface area contributed by atoms with Crippen LogP contribution in [0.2, 0.25) is 0 Å². The first-order valence-corrected chi connectivity index (χ1v) is 8.76. The summed E-state index contributed by atoms with van der Waals surface area (Å²) in [6, 6.07) is 8.58. The zero-order valence-corrected chi connectivity index (χ0v) is 16.6. The third-order valence-corrected chi connectivity index (χ3v) is 5.14. The van der Waals surface area contributed by atoms with Gasteiger partial charge < -0.3 is 4.74 Å². The lowest BCUT2D eigenvalue weighted by Crippen LogP contribution is -2.00. The normalized spacial score (nSPS) is 10.5. The lowest BCUT2D eigenvalue weighted by Gasteiger charge is -2.12. The number of halogens is 4. The van der Waals surface area contributed by atoms with Gasteiger partial charge in [-0.15, -0.1) is 0 Å². The van der Waals surface area contributed by atoms with E-state index in [1.54, 1.807) is 12.1 Å². The van der Waals surface area contributed by atoms with E-state index in [2.05, 4.69) is 63.7 Å². The number of ether oxygens (including phenoxy) is 1. The van der Waals surface area contributed by atoms with E-state index in [1.165, 1.54) is 6.07 Å². The first-order chi connectivity index (χ1) is 9.90. The van der Waals surface area contributed by atoms with E-state index in [0.717, 1.165) is 13.4 Å². The molecule has 0 aliphatic heterocycles. The minimum Gasteiger partial charge on any atom is -0.486 e. The maximum atomic E-state index is 10.9. The molecule has 21 heavy (non-hydrogen) atoms. The van der Waals surface area contributed by atoms with Crippen molar-refractivity contribution in [2.75, 3.05) is 0 Å². The van der Waals surface area contributed by atoms with Crippen LogP contribution in [0.4, 0.5) is 5.69 Å². The summed E-state index contributed by atoms with van der Waals surface area (Å²) >= 11 is 13.5. The van der Waals surface area contributed by atoms with E-state index in [0.29, 0.717) is 15.8 Å². The molecule has 2 aromatic carbocycles.